The van der Waals surface area contributed by atoms with Crippen LogP contribution >= 0.6 is 0 Å². The number of nitrogens with zero attached hydrogens (tertiary/aromatic N) is 4. The number of hydrogen-bond acceptors (Lipinski definition) is 4. The highest BCUT2D eigenvalue weighted by atomic mass is 16.2. The molecular formula is C17H27N5O3. The molecule has 2 aromatic heterocycles. The third-order valence-corrected chi connectivity index (χ3v) is 4.40. The molecule has 0 spiro atoms. The standard InChI is InChI=1S/C17H27N5O3/c1-5-6-7-8-9-12(2)19-13(23)10-22-16(24)14-15(18-11-20(14)3)21(4)17(22)25/h11-12H,5-10H2,1-4H3,(H,19,23). The summed E-state index contributed by atoms with van der Waals surface area (Å²) in [5.74, 6) is -0.330. The van der Waals surface area contributed by atoms with Gasteiger partial charge in [0, 0.05) is 20.1 Å². The van der Waals surface area contributed by atoms with Crippen molar-refractivity contribution in [3.63, 3.8) is 0 Å². The van der Waals surface area contributed by atoms with E-state index in [0.29, 0.717) is 11.2 Å². The monoisotopic (exact) mass is 349 g/mol. The summed E-state index contributed by atoms with van der Waals surface area (Å²) in [5, 5.41) is 2.87. The zero-order chi connectivity index (χ0) is 18.6. The van der Waals surface area contributed by atoms with Crippen molar-refractivity contribution >= 4 is 17.1 Å². The fourth-order valence-electron chi connectivity index (χ4n) is 2.95. The summed E-state index contributed by atoms with van der Waals surface area (Å²) in [6, 6.07) is 0.0179. The average molecular weight is 349 g/mol. The van der Waals surface area contributed by atoms with Crippen LogP contribution in [0.15, 0.2) is 15.9 Å². The van der Waals surface area contributed by atoms with Crippen molar-refractivity contribution in [1.82, 2.24) is 24.0 Å². The minimum absolute atomic E-state index is 0.0179. The van der Waals surface area contributed by atoms with Gasteiger partial charge in [-0.3, -0.25) is 14.2 Å². The van der Waals surface area contributed by atoms with Crippen molar-refractivity contribution < 1.29 is 4.79 Å². The zero-order valence-corrected chi connectivity index (χ0v) is 15.4. The van der Waals surface area contributed by atoms with Crippen LogP contribution in [0.1, 0.15) is 46.0 Å². The quantitative estimate of drug-likeness (QED) is 0.717. The highest BCUT2D eigenvalue weighted by Crippen LogP contribution is 2.05. The summed E-state index contributed by atoms with van der Waals surface area (Å²) < 4.78 is 3.81. The van der Waals surface area contributed by atoms with Gasteiger partial charge in [0.2, 0.25) is 5.91 Å². The maximum atomic E-state index is 12.6. The maximum Gasteiger partial charge on any atom is 0.332 e. The number of imidazole rings is 1. The van der Waals surface area contributed by atoms with Gasteiger partial charge in [0.1, 0.15) is 6.54 Å². The van der Waals surface area contributed by atoms with Gasteiger partial charge in [0.15, 0.2) is 11.2 Å². The van der Waals surface area contributed by atoms with Gasteiger partial charge < -0.3 is 9.88 Å². The smallest absolute Gasteiger partial charge is 0.332 e. The molecule has 0 fully saturated rings. The molecule has 0 aliphatic rings. The van der Waals surface area contributed by atoms with Crippen LogP contribution in [-0.4, -0.2) is 30.6 Å². The number of hydrogen-bond donors (Lipinski definition) is 1. The van der Waals surface area contributed by atoms with Crippen molar-refractivity contribution in [3.8, 4) is 0 Å². The van der Waals surface area contributed by atoms with Crippen LogP contribution in [0, 0.1) is 0 Å². The molecule has 1 N–H and O–H groups in total. The number of carbonyl (C=O) groups excluding carboxylic acids is 1. The van der Waals surface area contributed by atoms with Gasteiger partial charge in [-0.05, 0) is 13.3 Å². The molecule has 25 heavy (non-hydrogen) atoms. The molecular weight excluding hydrogens is 322 g/mol. The Morgan fingerprint density at radius 2 is 1.96 bits per heavy atom. The number of aryl methyl sites for hydroxylation is 2. The number of amides is 1. The molecule has 2 aromatic rings. The van der Waals surface area contributed by atoms with Crippen LogP contribution in [0.25, 0.3) is 11.2 Å². The van der Waals surface area contributed by atoms with E-state index in [1.807, 2.05) is 6.92 Å². The van der Waals surface area contributed by atoms with Crippen LogP contribution in [0.3, 0.4) is 0 Å². The van der Waals surface area contributed by atoms with E-state index >= 15 is 0 Å². The Balaban J connectivity index is 2.12. The second-order valence-corrected chi connectivity index (χ2v) is 6.58. The first kappa shape index (κ1) is 19.0. The van der Waals surface area contributed by atoms with Crippen LogP contribution in [0.4, 0.5) is 0 Å². The molecule has 2 heterocycles. The SMILES string of the molecule is CCCCCCC(C)NC(=O)Cn1c(=O)c2c(ncn2C)n(C)c1=O. The summed E-state index contributed by atoms with van der Waals surface area (Å²) in [7, 11) is 3.23. The molecule has 0 saturated carbocycles. The topological polar surface area (TPSA) is 90.9 Å². The molecule has 138 valence electrons. The molecule has 1 unspecified atom stereocenters. The van der Waals surface area contributed by atoms with Crippen LogP contribution in [0.2, 0.25) is 0 Å². The number of fused-ring (bicyclic) bond motifs is 1. The number of rotatable bonds is 8. The Kier molecular flexibility index (Phi) is 6.17. The van der Waals surface area contributed by atoms with E-state index in [1.54, 1.807) is 18.7 Å². The number of carbonyl (C=O) groups is 1. The van der Waals surface area contributed by atoms with Gasteiger partial charge in [0.05, 0.1) is 6.33 Å². The summed E-state index contributed by atoms with van der Waals surface area (Å²) in [5.41, 5.74) is -0.410. The fraction of sp³-hybridized carbons (Fsp3) is 0.647. The predicted molar refractivity (Wildman–Crippen MR) is 96.6 cm³/mol. The van der Waals surface area contributed by atoms with Gasteiger partial charge in [-0.15, -0.1) is 0 Å². The Morgan fingerprint density at radius 1 is 1.24 bits per heavy atom. The van der Waals surface area contributed by atoms with Crippen LogP contribution in [-0.2, 0) is 25.4 Å². The number of unbranched alkanes of at least 4 members (excludes halogenated alkanes) is 3. The van der Waals surface area contributed by atoms with Gasteiger partial charge in [0.25, 0.3) is 5.56 Å². The minimum Gasteiger partial charge on any atom is -0.352 e. The minimum atomic E-state index is -0.540. The fourth-order valence-corrected chi connectivity index (χ4v) is 2.95. The largest absolute Gasteiger partial charge is 0.352 e. The van der Waals surface area contributed by atoms with Crippen molar-refractivity contribution in [2.75, 3.05) is 0 Å². The molecule has 0 saturated heterocycles. The Hall–Kier alpha value is -2.38. The van der Waals surface area contributed by atoms with E-state index in [9.17, 15) is 14.4 Å². The summed E-state index contributed by atoms with van der Waals surface area (Å²) in [6.07, 6.45) is 6.93. The Labute approximate surface area is 146 Å². The molecule has 8 heteroatoms. The maximum absolute atomic E-state index is 12.6. The highest BCUT2D eigenvalue weighted by Gasteiger charge is 2.17. The van der Waals surface area contributed by atoms with Gasteiger partial charge in [-0.1, -0.05) is 32.6 Å². The molecule has 0 aliphatic heterocycles. The first-order valence-electron chi connectivity index (χ1n) is 8.77. The van der Waals surface area contributed by atoms with Crippen molar-refractivity contribution in [3.05, 3.63) is 27.2 Å². The van der Waals surface area contributed by atoms with E-state index < -0.39 is 11.2 Å². The van der Waals surface area contributed by atoms with Crippen LogP contribution < -0.4 is 16.6 Å². The Morgan fingerprint density at radius 3 is 2.64 bits per heavy atom. The molecule has 8 nitrogen and oxygen atoms in total. The van der Waals surface area contributed by atoms with E-state index in [1.165, 1.54) is 23.7 Å². The zero-order valence-electron chi connectivity index (χ0n) is 15.4. The lowest BCUT2D eigenvalue weighted by Crippen LogP contribution is -2.45. The highest BCUT2D eigenvalue weighted by molar-refractivity contribution is 5.76. The summed E-state index contributed by atoms with van der Waals surface area (Å²) in [6.45, 7) is 3.81. The van der Waals surface area contributed by atoms with Gasteiger partial charge in [-0.25, -0.2) is 14.3 Å². The first-order valence-corrected chi connectivity index (χ1v) is 8.77. The molecule has 0 aromatic carbocycles. The van der Waals surface area contributed by atoms with E-state index in [2.05, 4.69) is 17.2 Å². The van der Waals surface area contributed by atoms with Crippen molar-refractivity contribution in [2.24, 2.45) is 14.1 Å². The van der Waals surface area contributed by atoms with Crippen molar-refractivity contribution in [1.29, 1.82) is 0 Å². The molecule has 2 rings (SSSR count). The third-order valence-electron chi connectivity index (χ3n) is 4.40. The molecule has 0 bridgehead atoms. The lowest BCUT2D eigenvalue weighted by molar-refractivity contribution is -0.122. The second kappa shape index (κ2) is 8.13. The van der Waals surface area contributed by atoms with E-state index in [-0.39, 0.29) is 18.5 Å². The molecule has 0 aliphatic carbocycles. The van der Waals surface area contributed by atoms with Crippen LogP contribution in [0.5, 0.6) is 0 Å². The normalized spacial score (nSPS) is 12.5. The average Bonchev–Trinajstić information content (AvgIpc) is 2.95. The van der Waals surface area contributed by atoms with E-state index in [0.717, 1.165) is 23.8 Å². The summed E-state index contributed by atoms with van der Waals surface area (Å²) >= 11 is 0. The summed E-state index contributed by atoms with van der Waals surface area (Å²) in [4.78, 5) is 41.2. The lowest BCUT2D eigenvalue weighted by Gasteiger charge is -2.14. The first-order chi connectivity index (χ1) is 11.9. The molecule has 0 radical (unpaired) electrons. The van der Waals surface area contributed by atoms with Gasteiger partial charge in [-0.2, -0.15) is 0 Å². The molecule has 1 atom stereocenters. The predicted octanol–water partition coefficient (Wildman–Crippen LogP) is 0.909. The van der Waals surface area contributed by atoms with Gasteiger partial charge >= 0.3 is 5.69 Å². The van der Waals surface area contributed by atoms with E-state index in [4.69, 9.17) is 0 Å². The molecule has 1 amide bonds. The Bertz CT molecular complexity index is 862. The second-order valence-electron chi connectivity index (χ2n) is 6.58. The number of nitrogens with one attached hydrogen (secondary N) is 1. The third kappa shape index (κ3) is 4.18. The lowest BCUT2D eigenvalue weighted by atomic mass is 10.1. The van der Waals surface area contributed by atoms with Crippen molar-refractivity contribution in [2.45, 2.75) is 58.5 Å². The number of aromatic nitrogens is 4.